The second-order valence-electron chi connectivity index (χ2n) is 6.40. The minimum atomic E-state index is -0.426. The Bertz CT molecular complexity index is 586. The summed E-state index contributed by atoms with van der Waals surface area (Å²) in [5.74, 6) is -0.865. The fourth-order valence-electron chi connectivity index (χ4n) is 2.46. The normalized spacial score (nSPS) is 19.6. The molecule has 1 aromatic carbocycles. The van der Waals surface area contributed by atoms with Crippen LogP contribution in [0.25, 0.3) is 0 Å². The van der Waals surface area contributed by atoms with E-state index < -0.39 is 11.7 Å². The summed E-state index contributed by atoms with van der Waals surface area (Å²) in [6.07, 6.45) is 0.129. The van der Waals surface area contributed by atoms with Crippen LogP contribution in [0.1, 0.15) is 32.8 Å². The Kier molecular flexibility index (Phi) is 4.84. The van der Waals surface area contributed by atoms with Gasteiger partial charge in [-0.05, 0) is 37.5 Å². The number of amides is 2. The van der Waals surface area contributed by atoms with Crippen molar-refractivity contribution < 1.29 is 14.0 Å². The highest BCUT2D eigenvalue weighted by atomic mass is 19.1. The number of aryl methyl sites for hydroxylation is 1. The third kappa shape index (κ3) is 3.46. The highest BCUT2D eigenvalue weighted by Crippen LogP contribution is 2.28. The Balaban J connectivity index is 2.09. The summed E-state index contributed by atoms with van der Waals surface area (Å²) in [4.78, 5) is 25.7. The second kappa shape index (κ2) is 6.46. The fraction of sp³-hybridized carbons (Fsp3) is 0.529. The molecule has 2 rings (SSSR count). The van der Waals surface area contributed by atoms with Crippen molar-refractivity contribution in [1.29, 1.82) is 0 Å². The van der Waals surface area contributed by atoms with Crippen LogP contribution in [0.15, 0.2) is 18.2 Å². The van der Waals surface area contributed by atoms with Gasteiger partial charge >= 0.3 is 0 Å². The number of carbonyl (C=O) groups is 2. The fourth-order valence-corrected chi connectivity index (χ4v) is 2.46. The van der Waals surface area contributed by atoms with Crippen LogP contribution in [-0.2, 0) is 9.59 Å². The monoisotopic (exact) mass is 306 g/mol. The maximum atomic E-state index is 14.0. The summed E-state index contributed by atoms with van der Waals surface area (Å²) in [7, 11) is 0. The summed E-state index contributed by atoms with van der Waals surface area (Å²) in [6.45, 7) is 8.02. The van der Waals surface area contributed by atoms with Crippen LogP contribution in [0.4, 0.5) is 10.1 Å². The second-order valence-corrected chi connectivity index (χ2v) is 6.40. The summed E-state index contributed by atoms with van der Waals surface area (Å²) in [5, 5.41) is 2.93. The first-order valence-electron chi connectivity index (χ1n) is 7.66. The Morgan fingerprint density at radius 2 is 2.05 bits per heavy atom. The maximum Gasteiger partial charge on any atom is 0.227 e. The van der Waals surface area contributed by atoms with Crippen LogP contribution < -0.4 is 10.2 Å². The van der Waals surface area contributed by atoms with Crippen LogP contribution in [0, 0.1) is 24.6 Å². The number of rotatable bonds is 4. The highest BCUT2D eigenvalue weighted by molar-refractivity contribution is 6.00. The van der Waals surface area contributed by atoms with Gasteiger partial charge in [-0.25, -0.2) is 4.39 Å². The molecule has 1 aromatic rings. The number of hydrogen-bond donors (Lipinski definition) is 1. The SMILES string of the molecule is Cc1ccc(N2CC(C(=O)NC(C)C(C)C)CC2=O)c(F)c1. The van der Waals surface area contributed by atoms with Gasteiger partial charge in [-0.15, -0.1) is 0 Å². The molecule has 5 heteroatoms. The van der Waals surface area contributed by atoms with Crippen molar-refractivity contribution in [2.75, 3.05) is 11.4 Å². The number of halogens is 1. The van der Waals surface area contributed by atoms with E-state index in [0.29, 0.717) is 5.92 Å². The van der Waals surface area contributed by atoms with Crippen molar-refractivity contribution in [2.45, 2.75) is 40.2 Å². The Morgan fingerprint density at radius 1 is 1.36 bits per heavy atom. The molecule has 0 spiro atoms. The zero-order valence-electron chi connectivity index (χ0n) is 13.5. The lowest BCUT2D eigenvalue weighted by molar-refractivity contribution is -0.127. The standard InChI is InChI=1S/C17H23FN2O2/c1-10(2)12(4)19-17(22)13-8-16(21)20(9-13)15-6-5-11(3)7-14(15)18/h5-7,10,12-13H,8-9H2,1-4H3,(H,19,22). The molecule has 0 bridgehead atoms. The van der Waals surface area contributed by atoms with E-state index in [1.54, 1.807) is 19.1 Å². The molecule has 1 saturated heterocycles. The van der Waals surface area contributed by atoms with Gasteiger partial charge in [0, 0.05) is 19.0 Å². The van der Waals surface area contributed by atoms with Gasteiger partial charge in [-0.3, -0.25) is 9.59 Å². The van der Waals surface area contributed by atoms with E-state index in [0.717, 1.165) is 5.56 Å². The van der Waals surface area contributed by atoms with Crippen LogP contribution >= 0.6 is 0 Å². The lowest BCUT2D eigenvalue weighted by Gasteiger charge is -2.20. The van der Waals surface area contributed by atoms with E-state index in [-0.39, 0.29) is 36.5 Å². The van der Waals surface area contributed by atoms with Crippen LogP contribution in [-0.4, -0.2) is 24.4 Å². The van der Waals surface area contributed by atoms with Crippen LogP contribution in [0.5, 0.6) is 0 Å². The first-order valence-corrected chi connectivity index (χ1v) is 7.66. The molecule has 2 amide bonds. The van der Waals surface area contributed by atoms with E-state index in [1.807, 2.05) is 20.8 Å². The molecular formula is C17H23FN2O2. The lowest BCUT2D eigenvalue weighted by atomic mass is 10.0. The van der Waals surface area contributed by atoms with E-state index in [9.17, 15) is 14.0 Å². The number of nitrogens with zero attached hydrogens (tertiary/aromatic N) is 1. The van der Waals surface area contributed by atoms with E-state index in [2.05, 4.69) is 5.32 Å². The zero-order valence-corrected chi connectivity index (χ0v) is 13.5. The molecule has 0 aromatic heterocycles. The highest BCUT2D eigenvalue weighted by Gasteiger charge is 2.36. The van der Waals surface area contributed by atoms with Crippen molar-refractivity contribution >= 4 is 17.5 Å². The lowest BCUT2D eigenvalue weighted by Crippen LogP contribution is -2.40. The first kappa shape index (κ1) is 16.5. The largest absolute Gasteiger partial charge is 0.353 e. The third-order valence-electron chi connectivity index (χ3n) is 4.26. The van der Waals surface area contributed by atoms with E-state index >= 15 is 0 Å². The molecule has 1 aliphatic rings. The number of anilines is 1. The molecule has 2 unspecified atom stereocenters. The molecule has 22 heavy (non-hydrogen) atoms. The molecular weight excluding hydrogens is 283 g/mol. The van der Waals surface area contributed by atoms with E-state index in [1.165, 1.54) is 11.0 Å². The Hall–Kier alpha value is -1.91. The molecule has 0 saturated carbocycles. The maximum absolute atomic E-state index is 14.0. The van der Waals surface area contributed by atoms with Crippen LogP contribution in [0.3, 0.4) is 0 Å². The van der Waals surface area contributed by atoms with Gasteiger partial charge in [0.25, 0.3) is 0 Å². The molecule has 1 aliphatic heterocycles. The van der Waals surface area contributed by atoms with Gasteiger partial charge < -0.3 is 10.2 Å². The average molecular weight is 306 g/mol. The number of hydrogen-bond acceptors (Lipinski definition) is 2. The zero-order chi connectivity index (χ0) is 16.4. The van der Waals surface area contributed by atoms with Crippen molar-refractivity contribution in [1.82, 2.24) is 5.32 Å². The molecule has 0 aliphatic carbocycles. The summed E-state index contributed by atoms with van der Waals surface area (Å²) < 4.78 is 14.0. The summed E-state index contributed by atoms with van der Waals surface area (Å²) >= 11 is 0. The molecule has 2 atom stereocenters. The van der Waals surface area contributed by atoms with Gasteiger partial charge in [0.1, 0.15) is 5.82 Å². The molecule has 0 radical (unpaired) electrons. The number of nitrogens with one attached hydrogen (secondary N) is 1. The number of benzene rings is 1. The van der Waals surface area contributed by atoms with Crippen molar-refractivity contribution in [2.24, 2.45) is 11.8 Å². The Morgan fingerprint density at radius 3 is 2.64 bits per heavy atom. The minimum absolute atomic E-state index is 0.0489. The first-order chi connectivity index (χ1) is 10.3. The van der Waals surface area contributed by atoms with Crippen molar-refractivity contribution in [3.8, 4) is 0 Å². The molecule has 120 valence electrons. The predicted molar refractivity (Wildman–Crippen MR) is 84.0 cm³/mol. The predicted octanol–water partition coefficient (Wildman–Crippen LogP) is 2.65. The molecule has 1 heterocycles. The van der Waals surface area contributed by atoms with Gasteiger partial charge in [-0.2, -0.15) is 0 Å². The number of carbonyl (C=O) groups excluding carboxylic acids is 2. The average Bonchev–Trinajstić information content (AvgIpc) is 2.80. The van der Waals surface area contributed by atoms with Crippen molar-refractivity contribution in [3.05, 3.63) is 29.6 Å². The van der Waals surface area contributed by atoms with Gasteiger partial charge in [0.2, 0.25) is 11.8 Å². The summed E-state index contributed by atoms with van der Waals surface area (Å²) in [5.41, 5.74) is 1.05. The topological polar surface area (TPSA) is 49.4 Å². The van der Waals surface area contributed by atoms with Gasteiger partial charge in [0.15, 0.2) is 0 Å². The molecule has 1 N–H and O–H groups in total. The Labute approximate surface area is 130 Å². The quantitative estimate of drug-likeness (QED) is 0.929. The van der Waals surface area contributed by atoms with Crippen molar-refractivity contribution in [3.63, 3.8) is 0 Å². The summed E-state index contributed by atoms with van der Waals surface area (Å²) in [6, 6.07) is 4.81. The molecule has 1 fully saturated rings. The molecule has 4 nitrogen and oxygen atoms in total. The van der Waals surface area contributed by atoms with Gasteiger partial charge in [0.05, 0.1) is 11.6 Å². The third-order valence-corrected chi connectivity index (χ3v) is 4.26. The van der Waals surface area contributed by atoms with Crippen LogP contribution in [0.2, 0.25) is 0 Å². The minimum Gasteiger partial charge on any atom is -0.353 e. The smallest absolute Gasteiger partial charge is 0.227 e. The van der Waals surface area contributed by atoms with E-state index in [4.69, 9.17) is 0 Å². The van der Waals surface area contributed by atoms with Gasteiger partial charge in [-0.1, -0.05) is 19.9 Å².